The second-order valence-corrected chi connectivity index (χ2v) is 3.98. The average Bonchev–Trinajstić information content (AvgIpc) is 2.39. The van der Waals surface area contributed by atoms with Crippen LogP contribution in [0.4, 0.5) is 0 Å². The molecule has 0 nitrogen and oxygen atoms in total. The van der Waals surface area contributed by atoms with E-state index in [9.17, 15) is 0 Å². The van der Waals surface area contributed by atoms with Crippen LogP contribution in [-0.4, -0.2) is 0 Å². The highest BCUT2D eigenvalue weighted by Gasteiger charge is 2.01. The molecular weight excluding hydrogens is 192 g/mol. The topological polar surface area (TPSA) is 0 Å². The fraction of sp³-hybridized carbons (Fsp3) is 0.125. The summed E-state index contributed by atoms with van der Waals surface area (Å²) < 4.78 is 0. The number of hydrogen-bond acceptors (Lipinski definition) is 0. The fourth-order valence-electron chi connectivity index (χ4n) is 1.81. The van der Waals surface area contributed by atoms with Gasteiger partial charge in [0, 0.05) is 0 Å². The highest BCUT2D eigenvalue weighted by molar-refractivity contribution is 5.88. The van der Waals surface area contributed by atoms with Crippen LogP contribution in [0.15, 0.2) is 60.7 Å². The number of rotatable bonds is 2. The molecule has 2 aromatic carbocycles. The molecule has 0 aliphatic rings. The molecule has 0 aromatic heterocycles. The van der Waals surface area contributed by atoms with E-state index in [1.807, 2.05) is 0 Å². The van der Waals surface area contributed by atoms with Crippen LogP contribution in [0.1, 0.15) is 25.0 Å². The molecule has 2 rings (SSSR count). The maximum Gasteiger partial charge on any atom is -0.0224 e. The first kappa shape index (κ1) is 10.7. The highest BCUT2D eigenvalue weighted by Crippen LogP contribution is 2.24. The van der Waals surface area contributed by atoms with Gasteiger partial charge in [0.15, 0.2) is 0 Å². The Morgan fingerprint density at radius 3 is 1.19 bits per heavy atom. The third-order valence-corrected chi connectivity index (χ3v) is 2.98. The summed E-state index contributed by atoms with van der Waals surface area (Å²) in [5, 5.41) is 0. The van der Waals surface area contributed by atoms with Crippen LogP contribution < -0.4 is 0 Å². The average molecular weight is 208 g/mol. The van der Waals surface area contributed by atoms with E-state index in [-0.39, 0.29) is 0 Å². The van der Waals surface area contributed by atoms with Crippen molar-refractivity contribution in [2.45, 2.75) is 13.8 Å². The Balaban J connectivity index is 2.43. The van der Waals surface area contributed by atoms with Gasteiger partial charge in [-0.15, -0.1) is 0 Å². The summed E-state index contributed by atoms with van der Waals surface area (Å²) in [5.74, 6) is 0. The quantitative estimate of drug-likeness (QED) is 0.631. The number of benzene rings is 2. The van der Waals surface area contributed by atoms with E-state index in [0.717, 1.165) is 0 Å². The molecule has 0 heterocycles. The van der Waals surface area contributed by atoms with E-state index in [1.54, 1.807) is 0 Å². The van der Waals surface area contributed by atoms with Crippen molar-refractivity contribution in [3.8, 4) is 0 Å². The van der Waals surface area contributed by atoms with Gasteiger partial charge in [0.1, 0.15) is 0 Å². The third kappa shape index (κ3) is 2.22. The molecule has 0 saturated heterocycles. The lowest BCUT2D eigenvalue weighted by Crippen LogP contribution is -1.85. The van der Waals surface area contributed by atoms with Crippen molar-refractivity contribution in [3.05, 3.63) is 71.8 Å². The standard InChI is InChI=1S/C16H16/c1-13(15-9-5-3-6-10-15)14(2)16-11-7-4-8-12-16/h3-12H,1-2H3/b14-13-. The van der Waals surface area contributed by atoms with Gasteiger partial charge in [-0.2, -0.15) is 0 Å². The SMILES string of the molecule is C/C(=C(\C)c1ccccc1)c1ccccc1. The Kier molecular flexibility index (Phi) is 3.21. The van der Waals surface area contributed by atoms with E-state index < -0.39 is 0 Å². The van der Waals surface area contributed by atoms with Gasteiger partial charge in [-0.1, -0.05) is 60.7 Å². The van der Waals surface area contributed by atoms with Gasteiger partial charge < -0.3 is 0 Å². The summed E-state index contributed by atoms with van der Waals surface area (Å²) in [6.45, 7) is 4.36. The molecule has 0 amide bonds. The monoisotopic (exact) mass is 208 g/mol. The second-order valence-electron chi connectivity index (χ2n) is 3.98. The molecule has 0 atom stereocenters. The highest BCUT2D eigenvalue weighted by atomic mass is 14.1. The van der Waals surface area contributed by atoms with Crippen molar-refractivity contribution in [1.82, 2.24) is 0 Å². The first-order valence-electron chi connectivity index (χ1n) is 5.57. The second kappa shape index (κ2) is 4.80. The van der Waals surface area contributed by atoms with E-state index in [2.05, 4.69) is 74.5 Å². The molecule has 0 unspecified atom stereocenters. The Hall–Kier alpha value is -1.82. The van der Waals surface area contributed by atoms with Crippen LogP contribution in [0.2, 0.25) is 0 Å². The predicted octanol–water partition coefficient (Wildman–Crippen LogP) is 4.64. The zero-order valence-electron chi connectivity index (χ0n) is 9.77. The van der Waals surface area contributed by atoms with E-state index in [0.29, 0.717) is 0 Å². The molecule has 2 aromatic rings. The Labute approximate surface area is 97.3 Å². The minimum absolute atomic E-state index is 1.30. The van der Waals surface area contributed by atoms with Crippen LogP contribution in [-0.2, 0) is 0 Å². The van der Waals surface area contributed by atoms with Crippen molar-refractivity contribution in [2.24, 2.45) is 0 Å². The lowest BCUT2D eigenvalue weighted by atomic mass is 9.97. The normalized spacial score (nSPS) is 12.1. The van der Waals surface area contributed by atoms with Crippen molar-refractivity contribution >= 4 is 11.1 Å². The molecular formula is C16H16. The summed E-state index contributed by atoms with van der Waals surface area (Å²) >= 11 is 0. The summed E-state index contributed by atoms with van der Waals surface area (Å²) in [7, 11) is 0. The van der Waals surface area contributed by atoms with Gasteiger partial charge in [0.05, 0.1) is 0 Å². The molecule has 0 aliphatic heterocycles. The van der Waals surface area contributed by atoms with Crippen LogP contribution in [0.5, 0.6) is 0 Å². The minimum Gasteiger partial charge on any atom is -0.0622 e. The van der Waals surface area contributed by atoms with E-state index in [4.69, 9.17) is 0 Å². The minimum atomic E-state index is 1.30. The maximum atomic E-state index is 2.18. The first-order valence-corrected chi connectivity index (χ1v) is 5.57. The molecule has 16 heavy (non-hydrogen) atoms. The number of hydrogen-bond donors (Lipinski definition) is 0. The molecule has 0 radical (unpaired) electrons. The molecule has 0 spiro atoms. The summed E-state index contributed by atoms with van der Waals surface area (Å²) in [4.78, 5) is 0. The predicted molar refractivity (Wildman–Crippen MR) is 71.0 cm³/mol. The zero-order valence-corrected chi connectivity index (χ0v) is 9.77. The Morgan fingerprint density at radius 2 is 0.875 bits per heavy atom. The van der Waals surface area contributed by atoms with Gasteiger partial charge in [-0.3, -0.25) is 0 Å². The largest absolute Gasteiger partial charge is 0.0622 e. The molecule has 0 bridgehead atoms. The van der Waals surface area contributed by atoms with Gasteiger partial charge in [0.2, 0.25) is 0 Å². The number of allylic oxidation sites excluding steroid dienone is 2. The van der Waals surface area contributed by atoms with Crippen molar-refractivity contribution in [1.29, 1.82) is 0 Å². The summed E-state index contributed by atoms with van der Waals surface area (Å²) in [6, 6.07) is 21.0. The smallest absolute Gasteiger partial charge is 0.0224 e. The van der Waals surface area contributed by atoms with Crippen LogP contribution in [0.25, 0.3) is 11.1 Å². The molecule has 0 N–H and O–H groups in total. The third-order valence-electron chi connectivity index (χ3n) is 2.98. The lowest BCUT2D eigenvalue weighted by Gasteiger charge is -2.08. The van der Waals surface area contributed by atoms with Crippen LogP contribution in [0, 0.1) is 0 Å². The molecule has 0 fully saturated rings. The molecule has 0 saturated carbocycles. The van der Waals surface area contributed by atoms with Crippen molar-refractivity contribution in [2.75, 3.05) is 0 Å². The van der Waals surface area contributed by atoms with Crippen molar-refractivity contribution in [3.63, 3.8) is 0 Å². The van der Waals surface area contributed by atoms with Gasteiger partial charge >= 0.3 is 0 Å². The molecule has 0 aliphatic carbocycles. The first-order chi connectivity index (χ1) is 7.79. The van der Waals surface area contributed by atoms with Crippen molar-refractivity contribution < 1.29 is 0 Å². The Morgan fingerprint density at radius 1 is 0.562 bits per heavy atom. The summed E-state index contributed by atoms with van der Waals surface area (Å²) in [5.41, 5.74) is 5.27. The molecule has 0 heteroatoms. The van der Waals surface area contributed by atoms with Gasteiger partial charge in [0.25, 0.3) is 0 Å². The van der Waals surface area contributed by atoms with E-state index >= 15 is 0 Å². The fourth-order valence-corrected chi connectivity index (χ4v) is 1.81. The van der Waals surface area contributed by atoms with Crippen LogP contribution >= 0.6 is 0 Å². The van der Waals surface area contributed by atoms with Gasteiger partial charge in [-0.05, 0) is 36.1 Å². The molecule has 80 valence electrons. The maximum absolute atomic E-state index is 2.18. The van der Waals surface area contributed by atoms with E-state index in [1.165, 1.54) is 22.3 Å². The van der Waals surface area contributed by atoms with Crippen LogP contribution in [0.3, 0.4) is 0 Å². The Bertz CT molecular complexity index is 430. The summed E-state index contributed by atoms with van der Waals surface area (Å²) in [6.07, 6.45) is 0. The zero-order chi connectivity index (χ0) is 11.4. The lowest BCUT2D eigenvalue weighted by molar-refractivity contribution is 1.51. The van der Waals surface area contributed by atoms with Gasteiger partial charge in [-0.25, -0.2) is 0 Å².